The number of esters is 1. The Morgan fingerprint density at radius 3 is 2.62 bits per heavy atom. The molecule has 1 fully saturated rings. The summed E-state index contributed by atoms with van der Waals surface area (Å²) in [5.74, 6) is -1.63. The molecule has 13 heavy (non-hydrogen) atoms. The molecule has 1 aliphatic carbocycles. The molecule has 1 aliphatic rings. The van der Waals surface area contributed by atoms with Gasteiger partial charge in [-0.2, -0.15) is 0 Å². The maximum atomic E-state index is 11.2. The van der Waals surface area contributed by atoms with E-state index in [2.05, 4.69) is 0 Å². The van der Waals surface area contributed by atoms with Crippen LogP contribution in [0.1, 0.15) is 32.6 Å². The number of carbonyl (C=O) groups is 3. The fraction of sp³-hybridized carbons (Fsp3) is 0.667. The third-order valence-corrected chi connectivity index (χ3v) is 2.04. The maximum Gasteiger partial charge on any atom is 0.374 e. The molecule has 0 aromatic heterocycles. The molecule has 4 nitrogen and oxygen atoms in total. The Kier molecular flexibility index (Phi) is 3.17. The van der Waals surface area contributed by atoms with Crippen LogP contribution in [0, 0.1) is 0 Å². The molecule has 0 heterocycles. The summed E-state index contributed by atoms with van der Waals surface area (Å²) >= 11 is 0. The number of rotatable bonds is 2. The molecule has 0 amide bonds. The minimum Gasteiger partial charge on any atom is -0.449 e. The Bertz CT molecular complexity index is 244. The molecule has 1 atom stereocenters. The van der Waals surface area contributed by atoms with Crippen molar-refractivity contribution in [1.82, 2.24) is 0 Å². The SMILES string of the molecule is CC(=O)C(=O)OC1CCCCC1=O. The third kappa shape index (κ3) is 2.65. The van der Waals surface area contributed by atoms with E-state index in [0.717, 1.165) is 19.8 Å². The van der Waals surface area contributed by atoms with Crippen LogP contribution < -0.4 is 0 Å². The molecule has 4 heteroatoms. The highest BCUT2D eigenvalue weighted by Gasteiger charge is 2.26. The van der Waals surface area contributed by atoms with Gasteiger partial charge in [-0.15, -0.1) is 0 Å². The van der Waals surface area contributed by atoms with Crippen LogP contribution in [0.2, 0.25) is 0 Å². The van der Waals surface area contributed by atoms with Crippen LogP contribution in [-0.2, 0) is 19.1 Å². The van der Waals surface area contributed by atoms with E-state index in [1.54, 1.807) is 0 Å². The second kappa shape index (κ2) is 4.16. The lowest BCUT2D eigenvalue weighted by Crippen LogP contribution is -2.32. The van der Waals surface area contributed by atoms with Crippen molar-refractivity contribution in [2.24, 2.45) is 0 Å². The normalized spacial score (nSPS) is 22.5. The summed E-state index contributed by atoms with van der Waals surface area (Å²) in [6.45, 7) is 1.13. The van der Waals surface area contributed by atoms with Crippen LogP contribution in [0.25, 0.3) is 0 Å². The highest BCUT2D eigenvalue weighted by molar-refractivity contribution is 6.32. The lowest BCUT2D eigenvalue weighted by molar-refractivity contribution is -0.161. The topological polar surface area (TPSA) is 60.4 Å². The Balaban J connectivity index is 2.47. The van der Waals surface area contributed by atoms with Crippen molar-refractivity contribution in [1.29, 1.82) is 0 Å². The summed E-state index contributed by atoms with van der Waals surface area (Å²) in [5.41, 5.74) is 0. The summed E-state index contributed by atoms with van der Waals surface area (Å²) in [6, 6.07) is 0. The summed E-state index contributed by atoms with van der Waals surface area (Å²) in [5, 5.41) is 0. The first kappa shape index (κ1) is 9.89. The second-order valence-electron chi connectivity index (χ2n) is 3.16. The average Bonchev–Trinajstić information content (AvgIpc) is 2.08. The standard InChI is InChI=1S/C9H12O4/c1-6(10)9(12)13-8-5-3-2-4-7(8)11/h8H,2-5H2,1H3. The van der Waals surface area contributed by atoms with E-state index in [9.17, 15) is 14.4 Å². The van der Waals surface area contributed by atoms with Gasteiger partial charge in [-0.25, -0.2) is 4.79 Å². The molecule has 1 unspecified atom stereocenters. The molecule has 0 bridgehead atoms. The van der Waals surface area contributed by atoms with Crippen molar-refractivity contribution in [2.45, 2.75) is 38.7 Å². The molecule has 0 aliphatic heterocycles. The number of carbonyl (C=O) groups excluding carboxylic acids is 3. The lowest BCUT2D eigenvalue weighted by Gasteiger charge is -2.19. The largest absolute Gasteiger partial charge is 0.449 e. The predicted molar refractivity (Wildman–Crippen MR) is 44.0 cm³/mol. The third-order valence-electron chi connectivity index (χ3n) is 2.04. The van der Waals surface area contributed by atoms with Crippen LogP contribution in [0.5, 0.6) is 0 Å². The molecule has 0 spiro atoms. The molecule has 0 saturated heterocycles. The number of hydrogen-bond acceptors (Lipinski definition) is 4. The zero-order valence-corrected chi connectivity index (χ0v) is 7.54. The fourth-order valence-corrected chi connectivity index (χ4v) is 1.29. The molecule has 1 saturated carbocycles. The molecule has 72 valence electrons. The predicted octanol–water partition coefficient (Wildman–Crippen LogP) is 0.630. The molecular weight excluding hydrogens is 172 g/mol. The van der Waals surface area contributed by atoms with Gasteiger partial charge in [0.2, 0.25) is 5.78 Å². The van der Waals surface area contributed by atoms with Crippen molar-refractivity contribution in [3.8, 4) is 0 Å². The molecule has 0 N–H and O–H groups in total. The van der Waals surface area contributed by atoms with Gasteiger partial charge in [0.1, 0.15) is 0 Å². The smallest absolute Gasteiger partial charge is 0.374 e. The van der Waals surface area contributed by atoms with Crippen LogP contribution in [0.3, 0.4) is 0 Å². The first-order chi connectivity index (χ1) is 6.11. The van der Waals surface area contributed by atoms with Gasteiger partial charge < -0.3 is 4.74 Å². The fourth-order valence-electron chi connectivity index (χ4n) is 1.29. The molecular formula is C9H12O4. The number of hydrogen-bond donors (Lipinski definition) is 0. The number of Topliss-reactive ketones (excluding diaryl/α,β-unsaturated/α-hetero) is 2. The van der Waals surface area contributed by atoms with E-state index in [1.807, 2.05) is 0 Å². The van der Waals surface area contributed by atoms with Crippen molar-refractivity contribution in [2.75, 3.05) is 0 Å². The first-order valence-electron chi connectivity index (χ1n) is 4.35. The maximum absolute atomic E-state index is 11.2. The summed E-state index contributed by atoms with van der Waals surface area (Å²) in [7, 11) is 0. The highest BCUT2D eigenvalue weighted by Crippen LogP contribution is 2.17. The zero-order chi connectivity index (χ0) is 9.84. The van der Waals surface area contributed by atoms with E-state index < -0.39 is 17.9 Å². The van der Waals surface area contributed by atoms with Gasteiger partial charge in [-0.3, -0.25) is 9.59 Å². The summed E-state index contributed by atoms with van der Waals surface area (Å²) in [4.78, 5) is 32.5. The number of ether oxygens (including phenoxy) is 1. The minimum absolute atomic E-state index is 0.0687. The lowest BCUT2D eigenvalue weighted by atomic mass is 9.96. The Labute approximate surface area is 76.3 Å². The Morgan fingerprint density at radius 2 is 2.08 bits per heavy atom. The van der Waals surface area contributed by atoms with Gasteiger partial charge in [-0.05, 0) is 19.3 Å². The Morgan fingerprint density at radius 1 is 1.38 bits per heavy atom. The van der Waals surface area contributed by atoms with E-state index in [1.165, 1.54) is 0 Å². The van der Waals surface area contributed by atoms with Gasteiger partial charge in [0, 0.05) is 13.3 Å². The van der Waals surface area contributed by atoms with Crippen molar-refractivity contribution < 1.29 is 19.1 Å². The average molecular weight is 184 g/mol. The van der Waals surface area contributed by atoms with E-state index in [4.69, 9.17) is 4.74 Å². The zero-order valence-electron chi connectivity index (χ0n) is 7.54. The second-order valence-corrected chi connectivity index (χ2v) is 3.16. The van der Waals surface area contributed by atoms with Gasteiger partial charge >= 0.3 is 5.97 Å². The van der Waals surface area contributed by atoms with Crippen LogP contribution >= 0.6 is 0 Å². The van der Waals surface area contributed by atoms with E-state index >= 15 is 0 Å². The van der Waals surface area contributed by atoms with Gasteiger partial charge in [0.15, 0.2) is 11.9 Å². The number of ketones is 2. The first-order valence-corrected chi connectivity index (χ1v) is 4.35. The van der Waals surface area contributed by atoms with Crippen molar-refractivity contribution in [3.63, 3.8) is 0 Å². The molecule has 0 aromatic rings. The molecule has 1 rings (SSSR count). The van der Waals surface area contributed by atoms with Crippen LogP contribution in [0.4, 0.5) is 0 Å². The Hall–Kier alpha value is -1.19. The van der Waals surface area contributed by atoms with Crippen LogP contribution in [0.15, 0.2) is 0 Å². The van der Waals surface area contributed by atoms with Gasteiger partial charge in [0.05, 0.1) is 0 Å². The van der Waals surface area contributed by atoms with Gasteiger partial charge in [-0.1, -0.05) is 0 Å². The van der Waals surface area contributed by atoms with E-state index in [-0.39, 0.29) is 5.78 Å². The van der Waals surface area contributed by atoms with Crippen molar-refractivity contribution >= 4 is 17.5 Å². The molecule has 0 radical (unpaired) electrons. The van der Waals surface area contributed by atoms with Crippen LogP contribution in [-0.4, -0.2) is 23.6 Å². The minimum atomic E-state index is -0.903. The monoisotopic (exact) mass is 184 g/mol. The van der Waals surface area contributed by atoms with Gasteiger partial charge in [0.25, 0.3) is 0 Å². The van der Waals surface area contributed by atoms with Crippen molar-refractivity contribution in [3.05, 3.63) is 0 Å². The quantitative estimate of drug-likeness (QED) is 0.466. The summed E-state index contributed by atoms with van der Waals surface area (Å²) in [6.07, 6.45) is 2.06. The summed E-state index contributed by atoms with van der Waals surface area (Å²) < 4.78 is 4.73. The highest BCUT2D eigenvalue weighted by atomic mass is 16.6. The van der Waals surface area contributed by atoms with E-state index in [0.29, 0.717) is 12.8 Å². The molecule has 0 aromatic carbocycles.